The zero-order valence-electron chi connectivity index (χ0n) is 17.3. The topological polar surface area (TPSA) is 6.02 Å². The summed E-state index contributed by atoms with van der Waals surface area (Å²) in [4.78, 5) is 0. The standard InChI is InChI=1S/C26H32N2S/c1-3-9-23(10-4-1)17-27-15-7-13-25(20-27)19-26(29-22-25)14-8-16-28(21-26)18-24-11-5-2-6-12-24/h1-6,9-12,20-21H,7-8,13-19,22H2/q+2. The molecule has 0 radical (unpaired) electrons. The fourth-order valence-corrected chi connectivity index (χ4v) is 7.35. The lowest BCUT2D eigenvalue weighted by atomic mass is 9.75. The van der Waals surface area contributed by atoms with E-state index in [2.05, 4.69) is 94.0 Å². The van der Waals surface area contributed by atoms with E-state index >= 15 is 0 Å². The molecule has 2 nitrogen and oxygen atoms in total. The Morgan fingerprint density at radius 3 is 1.97 bits per heavy atom. The summed E-state index contributed by atoms with van der Waals surface area (Å²) in [7, 11) is 0. The molecule has 3 aliphatic rings. The molecule has 1 fully saturated rings. The van der Waals surface area contributed by atoms with Crippen LogP contribution in [0.2, 0.25) is 0 Å². The zero-order chi connectivity index (χ0) is 19.6. The van der Waals surface area contributed by atoms with Crippen molar-refractivity contribution >= 4 is 24.2 Å². The zero-order valence-corrected chi connectivity index (χ0v) is 18.1. The lowest BCUT2D eigenvalue weighted by molar-refractivity contribution is -0.548. The van der Waals surface area contributed by atoms with E-state index in [0.29, 0.717) is 10.2 Å². The molecule has 2 spiro atoms. The minimum atomic E-state index is 0.347. The summed E-state index contributed by atoms with van der Waals surface area (Å²) < 4.78 is 5.54. The number of benzene rings is 2. The fourth-order valence-electron chi connectivity index (χ4n) is 5.55. The second-order valence-electron chi connectivity index (χ2n) is 9.27. The van der Waals surface area contributed by atoms with Gasteiger partial charge in [0.2, 0.25) is 0 Å². The maximum atomic E-state index is 2.63. The third-order valence-electron chi connectivity index (χ3n) is 6.79. The molecular weight excluding hydrogens is 372 g/mol. The van der Waals surface area contributed by atoms with Crippen LogP contribution in [-0.4, -0.2) is 45.2 Å². The molecule has 0 aromatic heterocycles. The normalized spacial score (nSPS) is 29.1. The van der Waals surface area contributed by atoms with E-state index in [1.165, 1.54) is 62.1 Å². The van der Waals surface area contributed by atoms with Crippen LogP contribution in [0, 0.1) is 5.41 Å². The lowest BCUT2D eigenvalue weighted by Crippen LogP contribution is -2.40. The molecule has 0 N–H and O–H groups in total. The van der Waals surface area contributed by atoms with Gasteiger partial charge in [-0.05, 0) is 19.3 Å². The van der Waals surface area contributed by atoms with Gasteiger partial charge in [-0.3, -0.25) is 0 Å². The molecule has 3 aliphatic heterocycles. The van der Waals surface area contributed by atoms with Crippen LogP contribution < -0.4 is 0 Å². The molecule has 5 rings (SSSR count). The Hall–Kier alpha value is -1.87. The highest BCUT2D eigenvalue weighted by Crippen LogP contribution is 2.52. The Morgan fingerprint density at radius 2 is 1.31 bits per heavy atom. The monoisotopic (exact) mass is 404 g/mol. The third-order valence-corrected chi connectivity index (χ3v) is 8.54. The summed E-state index contributed by atoms with van der Waals surface area (Å²) in [5.41, 5.74) is 3.25. The Balaban J connectivity index is 1.34. The summed E-state index contributed by atoms with van der Waals surface area (Å²) in [6.45, 7) is 4.52. The highest BCUT2D eigenvalue weighted by molar-refractivity contribution is 8.01. The minimum Gasteiger partial charge on any atom is -0.235 e. The molecule has 2 aromatic carbocycles. The first-order chi connectivity index (χ1) is 14.2. The quantitative estimate of drug-likeness (QED) is 0.650. The molecule has 2 aromatic rings. The number of thioether (sulfide) groups is 1. The average molecular weight is 405 g/mol. The average Bonchev–Trinajstić information content (AvgIpc) is 3.06. The van der Waals surface area contributed by atoms with Crippen molar-refractivity contribution in [1.82, 2.24) is 0 Å². The van der Waals surface area contributed by atoms with Crippen molar-refractivity contribution in [2.24, 2.45) is 5.41 Å². The second-order valence-corrected chi connectivity index (χ2v) is 10.7. The van der Waals surface area contributed by atoms with Crippen molar-refractivity contribution in [2.75, 3.05) is 18.8 Å². The van der Waals surface area contributed by atoms with Crippen LogP contribution in [0.1, 0.15) is 43.2 Å². The maximum absolute atomic E-state index is 2.63. The predicted molar refractivity (Wildman–Crippen MR) is 123 cm³/mol. The molecule has 1 saturated heterocycles. The molecule has 3 heterocycles. The SMILES string of the molecule is C1=[N+](Cc2ccccc2)CCCC12CSC1(C=[N+](Cc3ccccc3)CCC1)C2. The van der Waals surface area contributed by atoms with E-state index in [9.17, 15) is 0 Å². The van der Waals surface area contributed by atoms with E-state index in [0.717, 1.165) is 13.1 Å². The van der Waals surface area contributed by atoms with Crippen molar-refractivity contribution in [3.8, 4) is 0 Å². The third kappa shape index (κ3) is 4.35. The molecule has 2 atom stereocenters. The lowest BCUT2D eigenvalue weighted by Gasteiger charge is -2.30. The van der Waals surface area contributed by atoms with Crippen LogP contribution in [0.4, 0.5) is 0 Å². The van der Waals surface area contributed by atoms with Gasteiger partial charge in [-0.25, -0.2) is 9.15 Å². The Morgan fingerprint density at radius 1 is 0.724 bits per heavy atom. The van der Waals surface area contributed by atoms with E-state index in [-0.39, 0.29) is 0 Å². The first-order valence-electron chi connectivity index (χ1n) is 11.1. The first-order valence-corrected chi connectivity index (χ1v) is 12.1. The van der Waals surface area contributed by atoms with Gasteiger partial charge < -0.3 is 0 Å². The van der Waals surface area contributed by atoms with Crippen molar-refractivity contribution in [2.45, 2.75) is 49.9 Å². The van der Waals surface area contributed by atoms with Crippen LogP contribution in [0.3, 0.4) is 0 Å². The highest BCUT2D eigenvalue weighted by atomic mass is 32.2. The Kier molecular flexibility index (Phi) is 5.34. The highest BCUT2D eigenvalue weighted by Gasteiger charge is 2.53. The van der Waals surface area contributed by atoms with E-state index in [1.54, 1.807) is 0 Å². The molecular formula is C26H32N2S+2. The van der Waals surface area contributed by atoms with Gasteiger partial charge in [-0.1, -0.05) is 60.7 Å². The Bertz CT molecular complexity index is 829. The molecule has 3 heteroatoms. The molecule has 150 valence electrons. The second kappa shape index (κ2) is 8.10. The van der Waals surface area contributed by atoms with Crippen LogP contribution in [0.15, 0.2) is 60.7 Å². The van der Waals surface area contributed by atoms with Crippen molar-refractivity contribution in [3.63, 3.8) is 0 Å². The minimum absolute atomic E-state index is 0.347. The van der Waals surface area contributed by atoms with Crippen molar-refractivity contribution in [3.05, 3.63) is 71.8 Å². The summed E-state index contributed by atoms with van der Waals surface area (Å²) >= 11 is 2.24. The van der Waals surface area contributed by atoms with E-state index < -0.39 is 0 Å². The smallest absolute Gasteiger partial charge is 0.167 e. The molecule has 0 amide bonds. The predicted octanol–water partition coefficient (Wildman–Crippen LogP) is 5.00. The van der Waals surface area contributed by atoms with Gasteiger partial charge in [-0.2, -0.15) is 0 Å². The van der Waals surface area contributed by atoms with Crippen molar-refractivity contribution < 1.29 is 9.15 Å². The van der Waals surface area contributed by atoms with Gasteiger partial charge in [0.05, 0.1) is 10.2 Å². The fraction of sp³-hybridized carbons (Fsp3) is 0.462. The van der Waals surface area contributed by atoms with Crippen LogP contribution >= 0.6 is 11.8 Å². The molecule has 0 bridgehead atoms. The number of rotatable bonds is 4. The summed E-state index contributed by atoms with van der Waals surface area (Å²) in [5, 5.41) is 0. The van der Waals surface area contributed by atoms with Crippen molar-refractivity contribution in [1.29, 1.82) is 0 Å². The van der Waals surface area contributed by atoms with Gasteiger partial charge >= 0.3 is 0 Å². The van der Waals surface area contributed by atoms with Gasteiger partial charge in [0.15, 0.2) is 19.3 Å². The van der Waals surface area contributed by atoms with Crippen LogP contribution in [-0.2, 0) is 13.1 Å². The largest absolute Gasteiger partial charge is 0.235 e. The number of hydrogen-bond donors (Lipinski definition) is 0. The van der Waals surface area contributed by atoms with Crippen LogP contribution in [0.5, 0.6) is 0 Å². The summed E-state index contributed by atoms with van der Waals surface area (Å²) in [5.74, 6) is 1.29. The van der Waals surface area contributed by atoms with Gasteiger partial charge in [0.25, 0.3) is 0 Å². The Labute approximate surface area is 179 Å². The van der Waals surface area contributed by atoms with Gasteiger partial charge in [0, 0.05) is 29.7 Å². The molecule has 2 unspecified atom stereocenters. The molecule has 0 saturated carbocycles. The summed E-state index contributed by atoms with van der Waals surface area (Å²) in [6.07, 6.45) is 11.9. The molecule has 29 heavy (non-hydrogen) atoms. The number of nitrogens with zero attached hydrogens (tertiary/aromatic N) is 2. The van der Waals surface area contributed by atoms with Gasteiger partial charge in [0.1, 0.15) is 19.3 Å². The van der Waals surface area contributed by atoms with E-state index in [1.807, 2.05) is 0 Å². The molecule has 0 aliphatic carbocycles. The first kappa shape index (κ1) is 19.1. The van der Waals surface area contributed by atoms with Gasteiger partial charge in [-0.15, -0.1) is 11.8 Å². The summed E-state index contributed by atoms with van der Waals surface area (Å²) in [6, 6.07) is 21.9. The van der Waals surface area contributed by atoms with Crippen LogP contribution in [0.25, 0.3) is 0 Å². The van der Waals surface area contributed by atoms with E-state index in [4.69, 9.17) is 0 Å². The number of hydrogen-bond acceptors (Lipinski definition) is 1. The maximum Gasteiger partial charge on any atom is 0.167 e.